The summed E-state index contributed by atoms with van der Waals surface area (Å²) in [5.74, 6) is -1.21. The summed E-state index contributed by atoms with van der Waals surface area (Å²) < 4.78 is 52.3. The van der Waals surface area contributed by atoms with Gasteiger partial charge in [0.15, 0.2) is 5.69 Å². The number of carbonyl (C=O) groups is 1. The number of sulfonamides is 1. The second-order valence-corrected chi connectivity index (χ2v) is 10.2. The molecule has 3 aromatic rings. The molecule has 34 heavy (non-hydrogen) atoms. The molecule has 174 valence electrons. The van der Waals surface area contributed by atoms with Gasteiger partial charge in [-0.15, -0.1) is 0 Å². The van der Waals surface area contributed by atoms with E-state index in [-0.39, 0.29) is 11.6 Å². The quantitative estimate of drug-likeness (QED) is 0.569. The van der Waals surface area contributed by atoms with Crippen molar-refractivity contribution in [2.75, 3.05) is 13.2 Å². The zero-order valence-corrected chi connectivity index (χ0v) is 18.7. The van der Waals surface area contributed by atoms with E-state index in [0.717, 1.165) is 26.4 Å². The molecule has 0 unspecified atom stereocenters. The number of rotatable bonds is 4. The third-order valence-corrected chi connectivity index (χ3v) is 7.85. The Hall–Kier alpha value is -3.34. The highest BCUT2D eigenvalue weighted by atomic mass is 32.2. The van der Waals surface area contributed by atoms with Crippen LogP contribution in [0.25, 0.3) is 16.9 Å². The summed E-state index contributed by atoms with van der Waals surface area (Å²) in [6, 6.07) is 12.5. The number of hydrogen-bond donors (Lipinski definition) is 0. The molecule has 1 fully saturated rings. The Morgan fingerprint density at radius 2 is 1.85 bits per heavy atom. The molecule has 3 aliphatic heterocycles. The largest absolute Gasteiger partial charge is 0.381 e. The van der Waals surface area contributed by atoms with E-state index in [1.807, 2.05) is 18.2 Å². The summed E-state index contributed by atoms with van der Waals surface area (Å²) in [5, 5.41) is 5.56. The van der Waals surface area contributed by atoms with Gasteiger partial charge in [-0.05, 0) is 47.5 Å². The average molecular weight is 482 g/mol. The summed E-state index contributed by atoms with van der Waals surface area (Å²) >= 11 is 0. The molecule has 1 saturated heterocycles. The second-order valence-electron chi connectivity index (χ2n) is 8.50. The SMILES string of the molecule is O=C(c1cc(-c2cccc3c2COC3)n(-c2ccc(F)cc2)n1)N1[C@H](C2COC2)C=CS1(=O)=O. The molecule has 10 heteroatoms. The van der Waals surface area contributed by atoms with Crippen LogP contribution in [0.2, 0.25) is 0 Å². The predicted molar refractivity (Wildman–Crippen MR) is 120 cm³/mol. The van der Waals surface area contributed by atoms with Gasteiger partial charge < -0.3 is 9.47 Å². The van der Waals surface area contributed by atoms with Crippen LogP contribution in [0.4, 0.5) is 4.39 Å². The fraction of sp³-hybridized carbons (Fsp3) is 0.250. The third kappa shape index (κ3) is 3.37. The van der Waals surface area contributed by atoms with Crippen LogP contribution < -0.4 is 0 Å². The fourth-order valence-corrected chi connectivity index (χ4v) is 5.95. The molecule has 6 rings (SSSR count). The molecule has 1 aromatic heterocycles. The number of ether oxygens (including phenoxy) is 2. The maximum Gasteiger partial charge on any atom is 0.288 e. The van der Waals surface area contributed by atoms with Crippen molar-refractivity contribution in [3.63, 3.8) is 0 Å². The summed E-state index contributed by atoms with van der Waals surface area (Å²) in [7, 11) is -3.92. The van der Waals surface area contributed by atoms with Crippen LogP contribution in [0, 0.1) is 11.7 Å². The fourth-order valence-electron chi connectivity index (χ4n) is 4.56. The van der Waals surface area contributed by atoms with E-state index in [1.165, 1.54) is 22.9 Å². The summed E-state index contributed by atoms with van der Waals surface area (Å²) in [4.78, 5) is 13.5. The van der Waals surface area contributed by atoms with Gasteiger partial charge in [0.2, 0.25) is 0 Å². The van der Waals surface area contributed by atoms with E-state index < -0.39 is 27.8 Å². The number of hydrogen-bond acceptors (Lipinski definition) is 6. The lowest BCUT2D eigenvalue weighted by Gasteiger charge is -2.34. The topological polar surface area (TPSA) is 90.7 Å². The van der Waals surface area contributed by atoms with Gasteiger partial charge in [-0.25, -0.2) is 21.8 Å². The average Bonchev–Trinajstić information content (AvgIpc) is 3.50. The van der Waals surface area contributed by atoms with Crippen LogP contribution in [0.15, 0.2) is 60.0 Å². The second kappa shape index (κ2) is 7.86. The van der Waals surface area contributed by atoms with Crippen molar-refractivity contribution < 1.29 is 27.1 Å². The molecule has 8 nitrogen and oxygen atoms in total. The van der Waals surface area contributed by atoms with Gasteiger partial charge in [-0.2, -0.15) is 5.10 Å². The standard InChI is InChI=1S/C24H20FN3O5S/c25-17-4-6-18(7-5-17)27-23(19-3-1-2-15-11-33-14-20(15)19)10-21(26-27)24(29)28-22(16-12-32-13-16)8-9-34(28,30)31/h1-10,16,22H,11-14H2/t22-/m0/s1. The molecule has 0 spiro atoms. The molecule has 0 saturated carbocycles. The van der Waals surface area contributed by atoms with E-state index in [9.17, 15) is 17.6 Å². The van der Waals surface area contributed by atoms with Crippen molar-refractivity contribution in [1.82, 2.24) is 14.1 Å². The first-order chi connectivity index (χ1) is 16.4. The van der Waals surface area contributed by atoms with Crippen molar-refractivity contribution >= 4 is 15.9 Å². The van der Waals surface area contributed by atoms with E-state index in [4.69, 9.17) is 9.47 Å². The van der Waals surface area contributed by atoms with Crippen molar-refractivity contribution in [3.8, 4) is 16.9 Å². The predicted octanol–water partition coefficient (Wildman–Crippen LogP) is 3.02. The van der Waals surface area contributed by atoms with Crippen molar-refractivity contribution in [2.24, 2.45) is 5.92 Å². The lowest BCUT2D eigenvalue weighted by molar-refractivity contribution is -0.0492. The first kappa shape index (κ1) is 21.2. The van der Waals surface area contributed by atoms with Gasteiger partial charge in [0, 0.05) is 16.9 Å². The van der Waals surface area contributed by atoms with Gasteiger partial charge in [0.05, 0.1) is 43.9 Å². The Balaban J connectivity index is 1.48. The van der Waals surface area contributed by atoms with Crippen molar-refractivity contribution in [1.29, 1.82) is 0 Å². The van der Waals surface area contributed by atoms with Crippen LogP contribution in [0.1, 0.15) is 21.6 Å². The molecule has 1 atom stereocenters. The Morgan fingerprint density at radius 1 is 1.06 bits per heavy atom. The highest BCUT2D eigenvalue weighted by Crippen LogP contribution is 2.35. The van der Waals surface area contributed by atoms with Gasteiger partial charge >= 0.3 is 0 Å². The monoisotopic (exact) mass is 481 g/mol. The van der Waals surface area contributed by atoms with Crippen molar-refractivity contribution in [2.45, 2.75) is 19.3 Å². The zero-order chi connectivity index (χ0) is 23.4. The van der Waals surface area contributed by atoms with Gasteiger partial charge in [0.1, 0.15) is 5.82 Å². The smallest absolute Gasteiger partial charge is 0.288 e. The minimum Gasteiger partial charge on any atom is -0.381 e. The number of aromatic nitrogens is 2. The Bertz CT molecular complexity index is 1430. The first-order valence-corrected chi connectivity index (χ1v) is 12.3. The van der Waals surface area contributed by atoms with E-state index in [1.54, 1.807) is 18.2 Å². The van der Waals surface area contributed by atoms with Crippen molar-refractivity contribution in [3.05, 3.63) is 82.7 Å². The Labute approximate surface area is 195 Å². The van der Waals surface area contributed by atoms with Crippen LogP contribution in [-0.4, -0.2) is 47.7 Å². The number of fused-ring (bicyclic) bond motifs is 1. The molecule has 2 aromatic carbocycles. The number of nitrogens with zero attached hydrogens (tertiary/aromatic N) is 3. The van der Waals surface area contributed by atoms with Crippen LogP contribution >= 0.6 is 0 Å². The molecule has 0 bridgehead atoms. The lowest BCUT2D eigenvalue weighted by atomic mass is 9.98. The van der Waals surface area contributed by atoms with Crippen LogP contribution in [0.5, 0.6) is 0 Å². The van der Waals surface area contributed by atoms with Crippen LogP contribution in [0.3, 0.4) is 0 Å². The highest BCUT2D eigenvalue weighted by molar-refractivity contribution is 7.92. The Kier molecular flexibility index (Phi) is 4.91. The highest BCUT2D eigenvalue weighted by Gasteiger charge is 2.44. The normalized spacial score (nSPS) is 21.0. The maximum atomic E-state index is 13.6. The van der Waals surface area contributed by atoms with Gasteiger partial charge in [-0.1, -0.05) is 18.2 Å². The first-order valence-electron chi connectivity index (χ1n) is 10.8. The van der Waals surface area contributed by atoms with E-state index >= 15 is 0 Å². The summed E-state index contributed by atoms with van der Waals surface area (Å²) in [6.07, 6.45) is 1.53. The minimum absolute atomic E-state index is 0.0200. The number of amides is 1. The lowest BCUT2D eigenvalue weighted by Crippen LogP contribution is -2.49. The minimum atomic E-state index is -3.92. The third-order valence-electron chi connectivity index (χ3n) is 6.39. The summed E-state index contributed by atoms with van der Waals surface area (Å²) in [6.45, 7) is 1.68. The summed E-state index contributed by atoms with van der Waals surface area (Å²) in [5.41, 5.74) is 3.94. The number of benzene rings is 2. The van der Waals surface area contributed by atoms with Gasteiger partial charge in [0.25, 0.3) is 15.9 Å². The zero-order valence-electron chi connectivity index (χ0n) is 17.9. The molecular weight excluding hydrogens is 461 g/mol. The molecule has 0 N–H and O–H groups in total. The molecule has 0 radical (unpaired) electrons. The van der Waals surface area contributed by atoms with E-state index in [2.05, 4.69) is 5.10 Å². The molecular formula is C24H20FN3O5S. The van der Waals surface area contributed by atoms with Gasteiger partial charge in [-0.3, -0.25) is 4.79 Å². The molecule has 0 aliphatic carbocycles. The number of carbonyl (C=O) groups excluding carboxylic acids is 1. The molecule has 4 heterocycles. The van der Waals surface area contributed by atoms with E-state index in [0.29, 0.717) is 37.8 Å². The molecule has 3 aliphatic rings. The maximum absolute atomic E-state index is 13.6. The van der Waals surface area contributed by atoms with Crippen LogP contribution in [-0.2, 0) is 32.7 Å². The molecule has 1 amide bonds. The Morgan fingerprint density at radius 3 is 2.59 bits per heavy atom. The number of halogens is 1.